The van der Waals surface area contributed by atoms with E-state index in [1.165, 1.54) is 167 Å². The average molecular weight is 567 g/mol. The average Bonchev–Trinajstić information content (AvgIpc) is 2.94. The summed E-state index contributed by atoms with van der Waals surface area (Å²) in [7, 11) is 0. The number of hydrogen-bond donors (Lipinski definition) is 1. The van der Waals surface area contributed by atoms with Crippen LogP contribution in [0.3, 0.4) is 0 Å². The number of hydrogen-bond acceptors (Lipinski definition) is 3. The number of rotatable bonds is 34. The highest BCUT2D eigenvalue weighted by atomic mass is 16.5. The summed E-state index contributed by atoms with van der Waals surface area (Å²) in [5, 5.41) is 8.63. The first-order valence-electron chi connectivity index (χ1n) is 18.0. The Kier molecular flexibility index (Phi) is 33.2. The summed E-state index contributed by atoms with van der Waals surface area (Å²) in [5.74, 6) is -0.652. The van der Waals surface area contributed by atoms with E-state index >= 15 is 0 Å². The Morgan fingerprint density at radius 2 is 0.675 bits per heavy atom. The number of carboxylic acids is 1. The van der Waals surface area contributed by atoms with Crippen LogP contribution in [0.4, 0.5) is 0 Å². The Labute approximate surface area is 250 Å². The fourth-order valence-corrected chi connectivity index (χ4v) is 5.58. The lowest BCUT2D eigenvalue weighted by molar-refractivity contribution is -0.144. The molecule has 238 valence electrons. The van der Waals surface area contributed by atoms with Gasteiger partial charge in [0.15, 0.2) is 0 Å². The topological polar surface area (TPSA) is 63.6 Å². The molecule has 0 bridgehead atoms. The van der Waals surface area contributed by atoms with Gasteiger partial charge < -0.3 is 9.84 Å². The van der Waals surface area contributed by atoms with Crippen molar-refractivity contribution < 1.29 is 19.4 Å². The second kappa shape index (κ2) is 34.1. The molecule has 0 amide bonds. The van der Waals surface area contributed by atoms with Crippen LogP contribution in [0.25, 0.3) is 0 Å². The van der Waals surface area contributed by atoms with Crippen LogP contribution in [0.1, 0.15) is 212 Å². The SMILES string of the molecule is CCCCCCCCCCCCCCCC(=O)OCCCCCCCCCCCCCCCCCCCC(=O)O. The zero-order valence-electron chi connectivity index (χ0n) is 27.0. The summed E-state index contributed by atoms with van der Waals surface area (Å²) in [6.07, 6.45) is 39.7. The van der Waals surface area contributed by atoms with Crippen LogP contribution in [0, 0.1) is 0 Å². The van der Waals surface area contributed by atoms with Crippen LogP contribution < -0.4 is 0 Å². The molecule has 0 aromatic carbocycles. The molecule has 4 heteroatoms. The van der Waals surface area contributed by atoms with Crippen molar-refractivity contribution in [2.45, 2.75) is 212 Å². The third-order valence-corrected chi connectivity index (χ3v) is 8.28. The fraction of sp³-hybridized carbons (Fsp3) is 0.944. The van der Waals surface area contributed by atoms with Gasteiger partial charge in [-0.1, -0.05) is 180 Å². The van der Waals surface area contributed by atoms with Crippen molar-refractivity contribution in [1.82, 2.24) is 0 Å². The molecule has 0 saturated heterocycles. The summed E-state index contributed by atoms with van der Waals surface area (Å²) in [6.45, 7) is 2.89. The van der Waals surface area contributed by atoms with Crippen molar-refractivity contribution in [1.29, 1.82) is 0 Å². The Morgan fingerprint density at radius 3 is 1.00 bits per heavy atom. The first-order valence-corrected chi connectivity index (χ1v) is 18.0. The lowest BCUT2D eigenvalue weighted by Gasteiger charge is -2.06. The zero-order valence-corrected chi connectivity index (χ0v) is 27.0. The number of aliphatic carboxylic acids is 1. The molecule has 0 unspecified atom stereocenters. The van der Waals surface area contributed by atoms with Gasteiger partial charge in [0.1, 0.15) is 0 Å². The molecule has 0 aliphatic rings. The van der Waals surface area contributed by atoms with Gasteiger partial charge in [0, 0.05) is 12.8 Å². The lowest BCUT2D eigenvalue weighted by Crippen LogP contribution is -2.05. The van der Waals surface area contributed by atoms with Gasteiger partial charge in [-0.05, 0) is 19.3 Å². The third kappa shape index (κ3) is 35.0. The minimum atomic E-state index is -0.662. The van der Waals surface area contributed by atoms with Crippen LogP contribution in [0.2, 0.25) is 0 Å². The summed E-state index contributed by atoms with van der Waals surface area (Å²) in [4.78, 5) is 22.4. The molecule has 0 radical (unpaired) electrons. The highest BCUT2D eigenvalue weighted by Crippen LogP contribution is 2.15. The largest absolute Gasteiger partial charge is 0.481 e. The van der Waals surface area contributed by atoms with E-state index in [0.717, 1.165) is 25.7 Å². The van der Waals surface area contributed by atoms with E-state index in [1.807, 2.05) is 0 Å². The molecule has 0 spiro atoms. The monoisotopic (exact) mass is 567 g/mol. The van der Waals surface area contributed by atoms with E-state index in [-0.39, 0.29) is 5.97 Å². The van der Waals surface area contributed by atoms with E-state index in [2.05, 4.69) is 6.92 Å². The van der Waals surface area contributed by atoms with Gasteiger partial charge in [0.05, 0.1) is 6.61 Å². The fourth-order valence-electron chi connectivity index (χ4n) is 5.58. The van der Waals surface area contributed by atoms with Crippen LogP contribution in [-0.2, 0) is 14.3 Å². The maximum Gasteiger partial charge on any atom is 0.305 e. The van der Waals surface area contributed by atoms with Gasteiger partial charge in [-0.15, -0.1) is 0 Å². The lowest BCUT2D eigenvalue weighted by atomic mass is 10.0. The van der Waals surface area contributed by atoms with E-state index < -0.39 is 5.97 Å². The second-order valence-corrected chi connectivity index (χ2v) is 12.4. The van der Waals surface area contributed by atoms with E-state index in [1.54, 1.807) is 0 Å². The molecule has 40 heavy (non-hydrogen) atoms. The van der Waals surface area contributed by atoms with E-state index in [9.17, 15) is 9.59 Å². The minimum Gasteiger partial charge on any atom is -0.481 e. The molecule has 0 aromatic heterocycles. The molecule has 0 rings (SSSR count). The molecule has 0 aliphatic heterocycles. The zero-order chi connectivity index (χ0) is 29.2. The maximum atomic E-state index is 11.9. The van der Waals surface area contributed by atoms with Gasteiger partial charge in [-0.25, -0.2) is 0 Å². The van der Waals surface area contributed by atoms with Crippen molar-refractivity contribution in [2.24, 2.45) is 0 Å². The van der Waals surface area contributed by atoms with Crippen LogP contribution in [0.5, 0.6) is 0 Å². The van der Waals surface area contributed by atoms with Crippen molar-refractivity contribution in [3.05, 3.63) is 0 Å². The Balaban J connectivity index is 3.14. The highest BCUT2D eigenvalue weighted by Gasteiger charge is 2.03. The minimum absolute atomic E-state index is 0.0102. The predicted octanol–water partition coefficient (Wildman–Crippen LogP) is 12.1. The van der Waals surface area contributed by atoms with Crippen molar-refractivity contribution in [3.8, 4) is 0 Å². The number of carbonyl (C=O) groups is 2. The Bertz CT molecular complexity index is 519. The first-order chi connectivity index (χ1) is 19.7. The van der Waals surface area contributed by atoms with Crippen LogP contribution in [-0.4, -0.2) is 23.7 Å². The molecule has 0 aromatic rings. The van der Waals surface area contributed by atoms with Gasteiger partial charge in [-0.2, -0.15) is 0 Å². The number of esters is 1. The van der Waals surface area contributed by atoms with Crippen molar-refractivity contribution in [3.63, 3.8) is 0 Å². The molecular weight excluding hydrogens is 496 g/mol. The number of carbonyl (C=O) groups excluding carboxylic acids is 1. The number of ether oxygens (including phenoxy) is 1. The summed E-state index contributed by atoms with van der Waals surface area (Å²) in [6, 6.07) is 0. The van der Waals surface area contributed by atoms with Gasteiger partial charge in [-0.3, -0.25) is 9.59 Å². The predicted molar refractivity (Wildman–Crippen MR) is 172 cm³/mol. The molecule has 0 aliphatic carbocycles. The second-order valence-electron chi connectivity index (χ2n) is 12.4. The standard InChI is InChI=1S/C36H70O4/c1-2-3-4-5-6-7-8-14-18-21-24-27-30-33-36(39)40-34-31-28-25-22-19-16-13-11-9-10-12-15-17-20-23-26-29-32-35(37)38/h2-34H2,1H3,(H,37,38). The molecular formula is C36H70O4. The van der Waals surface area contributed by atoms with E-state index in [0.29, 0.717) is 19.4 Å². The smallest absolute Gasteiger partial charge is 0.305 e. The molecule has 1 N–H and O–H groups in total. The molecule has 0 heterocycles. The maximum absolute atomic E-state index is 11.9. The van der Waals surface area contributed by atoms with Gasteiger partial charge in [0.25, 0.3) is 0 Å². The van der Waals surface area contributed by atoms with Crippen LogP contribution in [0.15, 0.2) is 0 Å². The Morgan fingerprint density at radius 1 is 0.400 bits per heavy atom. The van der Waals surface area contributed by atoms with Gasteiger partial charge in [0.2, 0.25) is 0 Å². The van der Waals surface area contributed by atoms with Crippen molar-refractivity contribution >= 4 is 11.9 Å². The molecule has 0 saturated carbocycles. The normalized spacial score (nSPS) is 11.2. The van der Waals surface area contributed by atoms with Crippen LogP contribution >= 0.6 is 0 Å². The summed E-state index contributed by atoms with van der Waals surface area (Å²) in [5.41, 5.74) is 0. The summed E-state index contributed by atoms with van der Waals surface area (Å²) >= 11 is 0. The summed E-state index contributed by atoms with van der Waals surface area (Å²) < 4.78 is 5.43. The first kappa shape index (κ1) is 38.9. The number of carboxylic acid groups (broad SMARTS) is 1. The molecule has 4 nitrogen and oxygen atoms in total. The molecule has 0 fully saturated rings. The Hall–Kier alpha value is -1.06. The van der Waals surface area contributed by atoms with Gasteiger partial charge >= 0.3 is 11.9 Å². The highest BCUT2D eigenvalue weighted by molar-refractivity contribution is 5.69. The number of unbranched alkanes of at least 4 members (excludes halogenated alkanes) is 28. The molecule has 0 atom stereocenters. The quantitative estimate of drug-likeness (QED) is 0.0621. The van der Waals surface area contributed by atoms with Crippen molar-refractivity contribution in [2.75, 3.05) is 6.61 Å². The third-order valence-electron chi connectivity index (χ3n) is 8.28. The van der Waals surface area contributed by atoms with E-state index in [4.69, 9.17) is 9.84 Å².